The lowest BCUT2D eigenvalue weighted by molar-refractivity contribution is -0.151. The Labute approximate surface area is 180 Å². The third-order valence-corrected chi connectivity index (χ3v) is 6.23. The highest BCUT2D eigenvalue weighted by atomic mass is 32.2. The Morgan fingerprint density at radius 2 is 2.13 bits per heavy atom. The van der Waals surface area contributed by atoms with E-state index in [0.29, 0.717) is 0 Å². The zero-order chi connectivity index (χ0) is 22.9. The maximum Gasteiger partial charge on any atom is 0.352 e. The molecule has 1 aromatic rings. The second-order valence-corrected chi connectivity index (χ2v) is 7.96. The van der Waals surface area contributed by atoms with Crippen LogP contribution in [0.3, 0.4) is 0 Å². The zero-order valence-corrected chi connectivity index (χ0v) is 17.3. The van der Waals surface area contributed by atoms with Gasteiger partial charge in [0.1, 0.15) is 41.4 Å². The molecule has 3 atom stereocenters. The Kier molecular flexibility index (Phi) is 6.16. The summed E-state index contributed by atoms with van der Waals surface area (Å²) in [6, 6.07) is 2.58. The van der Waals surface area contributed by atoms with E-state index < -0.39 is 46.8 Å². The topological polar surface area (TPSA) is 159 Å². The number of thioether (sulfide) groups is 1. The number of esters is 1. The summed E-state index contributed by atoms with van der Waals surface area (Å²) in [5.74, 6) is -2.95. The molecular weight excluding hydrogens is 428 g/mol. The van der Waals surface area contributed by atoms with Gasteiger partial charge in [-0.2, -0.15) is 5.26 Å². The van der Waals surface area contributed by atoms with Gasteiger partial charge in [0.25, 0.3) is 11.5 Å². The fraction of sp³-hybridized carbons (Fsp3) is 0.368. The molecular formula is C19H18N4O7S. The van der Waals surface area contributed by atoms with E-state index in [0.717, 1.165) is 9.47 Å². The van der Waals surface area contributed by atoms with Crippen LogP contribution >= 0.6 is 11.8 Å². The van der Waals surface area contributed by atoms with Gasteiger partial charge in [-0.1, -0.05) is 0 Å². The highest BCUT2D eigenvalue weighted by Gasteiger charge is 2.54. The van der Waals surface area contributed by atoms with Crippen molar-refractivity contribution in [3.05, 3.63) is 45.5 Å². The molecule has 0 radical (unpaired) electrons. The average molecular weight is 446 g/mol. The molecule has 12 heteroatoms. The van der Waals surface area contributed by atoms with Gasteiger partial charge < -0.3 is 19.7 Å². The molecule has 1 unspecified atom stereocenters. The van der Waals surface area contributed by atoms with Crippen LogP contribution in [0.2, 0.25) is 0 Å². The molecule has 1 fully saturated rings. The van der Waals surface area contributed by atoms with Crippen LogP contribution in [-0.2, 0) is 23.9 Å². The van der Waals surface area contributed by atoms with Crippen molar-refractivity contribution in [2.75, 3.05) is 12.4 Å². The van der Waals surface area contributed by atoms with Gasteiger partial charge >= 0.3 is 11.9 Å². The number of carboxylic acids is 1. The zero-order valence-electron chi connectivity index (χ0n) is 16.5. The molecule has 0 bridgehead atoms. The van der Waals surface area contributed by atoms with E-state index in [1.54, 1.807) is 6.07 Å². The summed E-state index contributed by atoms with van der Waals surface area (Å²) in [7, 11) is 0. The van der Waals surface area contributed by atoms with Crippen molar-refractivity contribution in [3.63, 3.8) is 0 Å². The molecule has 2 N–H and O–H groups in total. The molecule has 2 amide bonds. The van der Waals surface area contributed by atoms with Crippen LogP contribution in [0.25, 0.3) is 0 Å². The Morgan fingerprint density at radius 3 is 2.74 bits per heavy atom. The molecule has 2 aliphatic rings. The number of rotatable bonds is 6. The molecule has 0 spiro atoms. The fourth-order valence-corrected chi connectivity index (χ4v) is 4.61. The minimum atomic E-state index is -1.33. The molecule has 0 aromatic carbocycles. The number of carbonyl (C=O) groups excluding carboxylic acids is 3. The number of nitrogens with zero attached hydrogens (tertiary/aromatic N) is 3. The van der Waals surface area contributed by atoms with Crippen molar-refractivity contribution in [1.29, 1.82) is 5.26 Å². The quantitative estimate of drug-likeness (QED) is 0.437. The Balaban J connectivity index is 1.76. The molecule has 0 aliphatic carbocycles. The number of β-lactam (4-membered cyclic amide) rings is 1. The molecule has 0 saturated carbocycles. The van der Waals surface area contributed by atoms with Gasteiger partial charge in [-0.15, -0.1) is 11.8 Å². The summed E-state index contributed by atoms with van der Waals surface area (Å²) in [6.45, 7) is 2.40. The number of hydrogen-bond donors (Lipinski definition) is 2. The van der Waals surface area contributed by atoms with Crippen LogP contribution in [0.4, 0.5) is 0 Å². The lowest BCUT2D eigenvalue weighted by atomic mass is 10.0. The van der Waals surface area contributed by atoms with E-state index in [2.05, 4.69) is 5.32 Å². The number of fused-ring (bicyclic) bond motifs is 1. The summed E-state index contributed by atoms with van der Waals surface area (Å²) < 4.78 is 5.96. The number of nitriles is 1. The number of nitrogens with one attached hydrogen (secondary N) is 1. The van der Waals surface area contributed by atoms with Gasteiger partial charge in [-0.3, -0.25) is 24.1 Å². The fourth-order valence-electron chi connectivity index (χ4n) is 3.28. The summed E-state index contributed by atoms with van der Waals surface area (Å²) in [5, 5.41) is 20.4. The summed E-state index contributed by atoms with van der Waals surface area (Å²) in [6.07, 6.45) is 1.37. The first kappa shape index (κ1) is 22.1. The van der Waals surface area contributed by atoms with Gasteiger partial charge in [-0.25, -0.2) is 4.79 Å². The second kappa shape index (κ2) is 8.65. The minimum Gasteiger partial charge on any atom is -0.477 e. The third kappa shape index (κ3) is 4.04. The SMILES string of the molecule is CC(=O)OCC1=C(C(=O)O)N2C(=O)[C@@H](NC(=O)C(C)n3cccc(C#N)c3=O)[C@H]2SC1. The summed E-state index contributed by atoms with van der Waals surface area (Å²) in [5.41, 5.74) is -0.721. The Morgan fingerprint density at radius 1 is 1.42 bits per heavy atom. The number of ether oxygens (including phenoxy) is 1. The minimum absolute atomic E-state index is 0.118. The number of pyridine rings is 1. The van der Waals surface area contributed by atoms with Crippen molar-refractivity contribution in [1.82, 2.24) is 14.8 Å². The average Bonchev–Trinajstić information content (AvgIpc) is 2.74. The van der Waals surface area contributed by atoms with Crippen molar-refractivity contribution in [2.45, 2.75) is 31.3 Å². The lowest BCUT2D eigenvalue weighted by Crippen LogP contribution is -2.71. The molecule has 31 heavy (non-hydrogen) atoms. The number of aromatic nitrogens is 1. The normalized spacial score (nSPS) is 20.8. The van der Waals surface area contributed by atoms with Gasteiger partial charge in [0, 0.05) is 24.4 Å². The van der Waals surface area contributed by atoms with Crippen molar-refractivity contribution in [2.24, 2.45) is 0 Å². The van der Waals surface area contributed by atoms with Crippen LogP contribution in [0.1, 0.15) is 25.5 Å². The van der Waals surface area contributed by atoms with E-state index in [1.807, 2.05) is 0 Å². The van der Waals surface area contributed by atoms with Gasteiger partial charge in [0.05, 0.1) is 0 Å². The highest BCUT2D eigenvalue weighted by Crippen LogP contribution is 2.40. The van der Waals surface area contributed by atoms with Crippen molar-refractivity contribution < 1.29 is 29.0 Å². The largest absolute Gasteiger partial charge is 0.477 e. The number of carboxylic acid groups (broad SMARTS) is 1. The predicted molar refractivity (Wildman–Crippen MR) is 106 cm³/mol. The van der Waals surface area contributed by atoms with E-state index in [-0.39, 0.29) is 29.2 Å². The molecule has 162 valence electrons. The molecule has 1 saturated heterocycles. The summed E-state index contributed by atoms with van der Waals surface area (Å²) in [4.78, 5) is 61.3. The maximum atomic E-state index is 12.7. The highest BCUT2D eigenvalue weighted by molar-refractivity contribution is 8.00. The first-order chi connectivity index (χ1) is 14.7. The van der Waals surface area contributed by atoms with Crippen LogP contribution in [0, 0.1) is 11.3 Å². The van der Waals surface area contributed by atoms with E-state index in [9.17, 15) is 29.1 Å². The summed E-state index contributed by atoms with van der Waals surface area (Å²) >= 11 is 1.23. The molecule has 11 nitrogen and oxygen atoms in total. The Hall–Kier alpha value is -3.59. The third-order valence-electron chi connectivity index (χ3n) is 4.89. The Bertz CT molecular complexity index is 1100. The molecule has 1 aromatic heterocycles. The van der Waals surface area contributed by atoms with Crippen LogP contribution in [0.5, 0.6) is 0 Å². The first-order valence-corrected chi connectivity index (χ1v) is 10.2. The number of amides is 2. The van der Waals surface area contributed by atoms with E-state index in [4.69, 9.17) is 10.00 Å². The van der Waals surface area contributed by atoms with E-state index in [1.165, 1.54) is 43.9 Å². The lowest BCUT2D eigenvalue weighted by Gasteiger charge is -2.49. The first-order valence-electron chi connectivity index (χ1n) is 9.12. The maximum absolute atomic E-state index is 12.7. The van der Waals surface area contributed by atoms with Crippen LogP contribution < -0.4 is 10.9 Å². The number of hydrogen-bond acceptors (Lipinski definition) is 8. The standard InChI is InChI=1S/C19H18N4O7S/c1-9(22-5-3-4-11(6-20)16(22)26)15(25)21-13-17(27)23-14(19(28)29)12(7-30-10(2)24)8-31-18(13)23/h3-5,9,13,18H,7-8H2,1-2H3,(H,21,25)(H,28,29)/t9?,13-,18-/m1/s1. The smallest absolute Gasteiger partial charge is 0.352 e. The monoisotopic (exact) mass is 446 g/mol. The number of carbonyl (C=O) groups is 4. The number of aliphatic carboxylic acids is 1. The van der Waals surface area contributed by atoms with Gasteiger partial charge in [-0.05, 0) is 19.1 Å². The predicted octanol–water partition coefficient (Wildman–Crippen LogP) is -0.417. The second-order valence-electron chi connectivity index (χ2n) is 6.86. The van der Waals surface area contributed by atoms with E-state index >= 15 is 0 Å². The van der Waals surface area contributed by atoms with Crippen LogP contribution in [0.15, 0.2) is 34.4 Å². The van der Waals surface area contributed by atoms with Gasteiger partial charge in [0.2, 0.25) is 5.91 Å². The molecule has 3 rings (SSSR count). The molecule has 3 heterocycles. The van der Waals surface area contributed by atoms with Crippen LogP contribution in [-0.4, -0.2) is 62.1 Å². The van der Waals surface area contributed by atoms with Crippen molar-refractivity contribution >= 4 is 35.5 Å². The molecule has 2 aliphatic heterocycles. The van der Waals surface area contributed by atoms with Gasteiger partial charge in [0.15, 0.2) is 0 Å². The van der Waals surface area contributed by atoms with Crippen molar-refractivity contribution in [3.8, 4) is 6.07 Å².